The van der Waals surface area contributed by atoms with E-state index in [1.165, 1.54) is 11.1 Å². The monoisotopic (exact) mass is 363 g/mol. The van der Waals surface area contributed by atoms with Gasteiger partial charge in [-0.25, -0.2) is 4.79 Å². The van der Waals surface area contributed by atoms with Crippen LogP contribution in [0.25, 0.3) is 0 Å². The molecule has 1 atom stereocenters. The van der Waals surface area contributed by atoms with E-state index in [0.717, 1.165) is 25.0 Å². The number of rotatable bonds is 7. The third-order valence-corrected chi connectivity index (χ3v) is 4.23. The lowest BCUT2D eigenvalue weighted by Crippen LogP contribution is -2.33. The van der Waals surface area contributed by atoms with E-state index in [-0.39, 0.29) is 12.3 Å². The summed E-state index contributed by atoms with van der Waals surface area (Å²) in [6, 6.07) is 6.04. The average Bonchev–Trinajstić information content (AvgIpc) is 2.52. The van der Waals surface area contributed by atoms with Crippen molar-refractivity contribution < 1.29 is 24.2 Å². The zero-order valence-corrected chi connectivity index (χ0v) is 15.8. The smallest absolute Gasteiger partial charge is 0.407 e. The summed E-state index contributed by atoms with van der Waals surface area (Å²) in [6.45, 7) is 6.46. The molecule has 1 unspecified atom stereocenters. The van der Waals surface area contributed by atoms with Crippen molar-refractivity contribution in [1.29, 1.82) is 0 Å². The van der Waals surface area contributed by atoms with Gasteiger partial charge in [0.2, 0.25) is 0 Å². The maximum absolute atomic E-state index is 11.5. The predicted molar refractivity (Wildman–Crippen MR) is 98.6 cm³/mol. The van der Waals surface area contributed by atoms with E-state index < -0.39 is 17.7 Å². The minimum absolute atomic E-state index is 0.202. The lowest BCUT2D eigenvalue weighted by Gasteiger charge is -2.24. The average molecular weight is 363 g/mol. The largest absolute Gasteiger partial charge is 0.494 e. The van der Waals surface area contributed by atoms with Crippen molar-refractivity contribution in [3.63, 3.8) is 0 Å². The molecule has 0 heterocycles. The van der Waals surface area contributed by atoms with Crippen molar-refractivity contribution in [1.82, 2.24) is 5.32 Å². The number of alkyl carbamates (subject to hydrolysis) is 1. The summed E-state index contributed by atoms with van der Waals surface area (Å²) in [6.07, 6.45) is 3.12. The number of carboxylic acids is 1. The number of hydrogen-bond donors (Lipinski definition) is 2. The van der Waals surface area contributed by atoms with Crippen LogP contribution in [0.2, 0.25) is 0 Å². The Labute approximate surface area is 154 Å². The minimum atomic E-state index is -0.733. The van der Waals surface area contributed by atoms with Gasteiger partial charge in [-0.3, -0.25) is 4.79 Å². The van der Waals surface area contributed by atoms with Crippen LogP contribution in [0.5, 0.6) is 5.75 Å². The number of aryl methyl sites for hydroxylation is 1. The molecular formula is C20H29NO5. The second-order valence-corrected chi connectivity index (χ2v) is 7.77. The van der Waals surface area contributed by atoms with E-state index in [0.29, 0.717) is 19.6 Å². The Kier molecular flexibility index (Phi) is 6.89. The van der Waals surface area contributed by atoms with Gasteiger partial charge in [-0.15, -0.1) is 0 Å². The highest BCUT2D eigenvalue weighted by Gasteiger charge is 2.21. The third-order valence-electron chi connectivity index (χ3n) is 4.23. The highest BCUT2D eigenvalue weighted by molar-refractivity contribution is 5.67. The van der Waals surface area contributed by atoms with Crippen LogP contribution in [0.4, 0.5) is 4.79 Å². The van der Waals surface area contributed by atoms with Crippen LogP contribution < -0.4 is 10.1 Å². The first-order chi connectivity index (χ1) is 12.2. The molecule has 0 fully saturated rings. The zero-order valence-electron chi connectivity index (χ0n) is 15.8. The number of ether oxygens (including phenoxy) is 2. The van der Waals surface area contributed by atoms with E-state index in [1.807, 2.05) is 32.9 Å². The molecule has 2 rings (SSSR count). The molecule has 2 N–H and O–H groups in total. The molecule has 1 aliphatic rings. The van der Waals surface area contributed by atoms with Crippen LogP contribution in [-0.2, 0) is 22.4 Å². The molecule has 0 saturated heterocycles. The van der Waals surface area contributed by atoms with Gasteiger partial charge in [-0.1, -0.05) is 6.07 Å². The van der Waals surface area contributed by atoms with Gasteiger partial charge in [-0.2, -0.15) is 0 Å². The zero-order chi connectivity index (χ0) is 19.2. The quantitative estimate of drug-likeness (QED) is 0.724. The number of amides is 1. The Morgan fingerprint density at radius 3 is 2.73 bits per heavy atom. The molecule has 0 spiro atoms. The van der Waals surface area contributed by atoms with E-state index >= 15 is 0 Å². The topological polar surface area (TPSA) is 84.9 Å². The van der Waals surface area contributed by atoms with E-state index in [9.17, 15) is 9.59 Å². The van der Waals surface area contributed by atoms with Gasteiger partial charge < -0.3 is 19.9 Å². The summed E-state index contributed by atoms with van der Waals surface area (Å²) in [4.78, 5) is 22.5. The molecule has 1 aliphatic carbocycles. The fourth-order valence-corrected chi connectivity index (χ4v) is 3.09. The van der Waals surface area contributed by atoms with Crippen LogP contribution >= 0.6 is 0 Å². The van der Waals surface area contributed by atoms with Crippen LogP contribution in [-0.4, -0.2) is 35.9 Å². The van der Waals surface area contributed by atoms with Crippen molar-refractivity contribution in [2.24, 2.45) is 5.92 Å². The molecule has 0 radical (unpaired) electrons. The number of aliphatic carboxylic acids is 1. The molecule has 1 amide bonds. The first-order valence-corrected chi connectivity index (χ1v) is 9.16. The normalized spacial score (nSPS) is 16.5. The predicted octanol–water partition coefficient (Wildman–Crippen LogP) is 3.56. The molecule has 0 bridgehead atoms. The Morgan fingerprint density at radius 1 is 1.27 bits per heavy atom. The van der Waals surface area contributed by atoms with Gasteiger partial charge >= 0.3 is 12.1 Å². The summed E-state index contributed by atoms with van der Waals surface area (Å²) in [5, 5.41) is 11.7. The van der Waals surface area contributed by atoms with Gasteiger partial charge in [0.05, 0.1) is 6.61 Å². The highest BCUT2D eigenvalue weighted by Crippen LogP contribution is 2.30. The van der Waals surface area contributed by atoms with Crippen molar-refractivity contribution >= 4 is 12.1 Å². The lowest BCUT2D eigenvalue weighted by molar-refractivity contribution is -0.138. The number of carbonyl (C=O) groups excluding carboxylic acids is 1. The fraction of sp³-hybridized carbons (Fsp3) is 0.600. The Bertz CT molecular complexity index is 636. The second kappa shape index (κ2) is 8.92. The Balaban J connectivity index is 1.74. The summed E-state index contributed by atoms with van der Waals surface area (Å²) < 4.78 is 10.9. The van der Waals surface area contributed by atoms with Gasteiger partial charge in [-0.05, 0) is 75.6 Å². The number of benzene rings is 1. The third kappa shape index (κ3) is 6.94. The molecule has 144 valence electrons. The second-order valence-electron chi connectivity index (χ2n) is 7.77. The molecule has 0 aromatic heterocycles. The molecular weight excluding hydrogens is 334 g/mol. The van der Waals surface area contributed by atoms with Gasteiger partial charge in [0.1, 0.15) is 11.4 Å². The number of hydrogen-bond acceptors (Lipinski definition) is 4. The van der Waals surface area contributed by atoms with Crippen molar-refractivity contribution in [3.8, 4) is 5.75 Å². The molecule has 6 nitrogen and oxygen atoms in total. The summed E-state index contributed by atoms with van der Waals surface area (Å²) >= 11 is 0. The minimum Gasteiger partial charge on any atom is -0.494 e. The lowest BCUT2D eigenvalue weighted by atomic mass is 9.82. The summed E-state index contributed by atoms with van der Waals surface area (Å²) in [5.41, 5.74) is 1.97. The van der Waals surface area contributed by atoms with E-state index in [1.54, 1.807) is 0 Å². The number of carboxylic acid groups (broad SMARTS) is 1. The summed E-state index contributed by atoms with van der Waals surface area (Å²) in [5.74, 6) is 0.258. The molecule has 0 saturated carbocycles. The molecule has 1 aromatic rings. The van der Waals surface area contributed by atoms with Crippen molar-refractivity contribution in [2.75, 3.05) is 13.2 Å². The number of fused-ring (bicyclic) bond motifs is 1. The fourth-order valence-electron chi connectivity index (χ4n) is 3.09. The molecule has 6 heteroatoms. The van der Waals surface area contributed by atoms with Crippen LogP contribution in [0, 0.1) is 5.92 Å². The SMILES string of the molecule is CC(C)(C)OC(=O)NCCCOc1ccc2c(c1)CC(CC(=O)O)CC2. The standard InChI is InChI=1S/C20H29NO5/c1-20(2,3)26-19(24)21-9-4-10-25-17-8-7-15-6-5-14(12-18(22)23)11-16(15)13-17/h7-8,13-14H,4-6,9-12H2,1-3H3,(H,21,24)(H,22,23). The van der Waals surface area contributed by atoms with Gasteiger partial charge in [0.25, 0.3) is 0 Å². The van der Waals surface area contributed by atoms with Crippen LogP contribution in [0.15, 0.2) is 18.2 Å². The van der Waals surface area contributed by atoms with Crippen molar-refractivity contribution in [3.05, 3.63) is 29.3 Å². The van der Waals surface area contributed by atoms with E-state index in [2.05, 4.69) is 11.4 Å². The first kappa shape index (κ1) is 20.1. The molecule has 1 aromatic carbocycles. The Morgan fingerprint density at radius 2 is 2.04 bits per heavy atom. The van der Waals surface area contributed by atoms with Crippen molar-refractivity contribution in [2.45, 2.75) is 58.5 Å². The highest BCUT2D eigenvalue weighted by atomic mass is 16.6. The molecule has 0 aliphatic heterocycles. The van der Waals surface area contributed by atoms with Crippen LogP contribution in [0.3, 0.4) is 0 Å². The number of carbonyl (C=O) groups is 2. The molecule has 26 heavy (non-hydrogen) atoms. The number of nitrogens with one attached hydrogen (secondary N) is 1. The maximum atomic E-state index is 11.5. The Hall–Kier alpha value is -2.24. The van der Waals surface area contributed by atoms with Gasteiger partial charge in [0.15, 0.2) is 0 Å². The van der Waals surface area contributed by atoms with Crippen LogP contribution in [0.1, 0.15) is 51.2 Å². The van der Waals surface area contributed by atoms with E-state index in [4.69, 9.17) is 14.6 Å². The maximum Gasteiger partial charge on any atom is 0.407 e. The summed E-state index contributed by atoms with van der Waals surface area (Å²) in [7, 11) is 0. The first-order valence-electron chi connectivity index (χ1n) is 9.16. The van der Waals surface area contributed by atoms with Gasteiger partial charge in [0, 0.05) is 13.0 Å².